The molecule has 0 aromatic carbocycles. The number of aliphatic hydroxyl groups excluding tert-OH is 2. The molecule has 126 valence electrons. The predicted octanol–water partition coefficient (Wildman–Crippen LogP) is -1.59. The van der Waals surface area contributed by atoms with Gasteiger partial charge in [0.1, 0.15) is 0 Å². The smallest absolute Gasteiger partial charge is 0.840 e. The van der Waals surface area contributed by atoms with Crippen LogP contribution in [0.3, 0.4) is 0 Å². The maximum Gasteiger partial charge on any atom is 2.00 e. The second kappa shape index (κ2) is 18.7. The van der Waals surface area contributed by atoms with Gasteiger partial charge in [-0.15, -0.1) is 0 Å². The fraction of sp³-hybridized carbons (Fsp3) is 1.00. The molecule has 0 heterocycles. The third-order valence-corrected chi connectivity index (χ3v) is 3.19. The van der Waals surface area contributed by atoms with E-state index in [-0.39, 0.29) is 40.5 Å². The summed E-state index contributed by atoms with van der Waals surface area (Å²) in [7, 11) is 0. The van der Waals surface area contributed by atoms with Gasteiger partial charge in [0.2, 0.25) is 0 Å². The van der Waals surface area contributed by atoms with Gasteiger partial charge in [0, 0.05) is 13.2 Å². The van der Waals surface area contributed by atoms with Crippen LogP contribution in [0.2, 0.25) is 0 Å². The van der Waals surface area contributed by atoms with Crippen LogP contribution in [0.5, 0.6) is 0 Å². The summed E-state index contributed by atoms with van der Waals surface area (Å²) >= 11 is 0. The van der Waals surface area contributed by atoms with E-state index in [0.717, 1.165) is 26.2 Å². The summed E-state index contributed by atoms with van der Waals surface area (Å²) in [5.41, 5.74) is 0. The van der Waals surface area contributed by atoms with Gasteiger partial charge in [-0.2, -0.15) is 0 Å². The molecule has 0 bridgehead atoms. The molecule has 2 N–H and O–H groups in total. The van der Waals surface area contributed by atoms with Crippen LogP contribution in [0, 0.1) is 0 Å². The van der Waals surface area contributed by atoms with Gasteiger partial charge in [-0.3, -0.25) is 0 Å². The van der Waals surface area contributed by atoms with Crippen molar-refractivity contribution in [1.29, 1.82) is 0 Å². The Hall–Kier alpha value is 0.682. The van der Waals surface area contributed by atoms with Gasteiger partial charge in [0.05, 0.1) is 0 Å². The zero-order chi connectivity index (χ0) is 16.0. The Labute approximate surface area is 149 Å². The molecule has 0 fully saturated rings. The Bertz CT molecular complexity index is 174. The van der Waals surface area contributed by atoms with Crippen molar-refractivity contribution in [2.75, 3.05) is 39.4 Å². The van der Waals surface area contributed by atoms with Gasteiger partial charge < -0.3 is 30.2 Å². The van der Waals surface area contributed by atoms with Crippen LogP contribution < -0.4 is 10.2 Å². The molecule has 0 aliphatic heterocycles. The van der Waals surface area contributed by atoms with Crippen LogP contribution in [0.4, 0.5) is 0 Å². The van der Waals surface area contributed by atoms with E-state index in [1.165, 1.54) is 0 Å². The first kappa shape index (κ1) is 26.6. The van der Waals surface area contributed by atoms with Crippen LogP contribution >= 0.6 is 0 Å². The van der Waals surface area contributed by atoms with Gasteiger partial charge >= 0.3 is 27.3 Å². The van der Waals surface area contributed by atoms with Crippen molar-refractivity contribution in [2.24, 2.45) is 0 Å². The molecule has 0 rings (SSSR count). The molecule has 21 heavy (non-hydrogen) atoms. The van der Waals surface area contributed by atoms with Crippen LogP contribution in [-0.4, -0.2) is 99.2 Å². The molecule has 2 unspecified atom stereocenters. The van der Waals surface area contributed by atoms with E-state index >= 15 is 0 Å². The largest absolute Gasteiger partial charge is 2.00 e. The maximum absolute atomic E-state index is 11.1. The molecule has 7 heteroatoms. The van der Waals surface area contributed by atoms with Gasteiger partial charge in [-0.25, -0.2) is 0 Å². The zero-order valence-corrected chi connectivity index (χ0v) is 17.8. The molecule has 2 atom stereocenters. The van der Waals surface area contributed by atoms with E-state index in [9.17, 15) is 10.2 Å². The summed E-state index contributed by atoms with van der Waals surface area (Å²) in [6, 6.07) is 0. The molecule has 0 saturated heterocycles. The molecule has 0 saturated carbocycles. The third kappa shape index (κ3) is 14.0. The Kier molecular flexibility index (Phi) is 23.7. The van der Waals surface area contributed by atoms with Crippen molar-refractivity contribution in [3.8, 4) is 0 Å². The van der Waals surface area contributed by atoms with Crippen LogP contribution in [-0.2, 0) is 0 Å². The first-order valence-electron chi connectivity index (χ1n) is 7.53. The molecule has 0 spiro atoms. The number of nitrogens with zero attached hydrogens (tertiary/aromatic N) is 2. The van der Waals surface area contributed by atoms with Crippen LogP contribution in [0.25, 0.3) is 0 Å². The minimum atomic E-state index is -0.722. The summed E-state index contributed by atoms with van der Waals surface area (Å²) in [4.78, 5) is 3.58. The Morgan fingerprint density at radius 1 is 0.714 bits per heavy atom. The summed E-state index contributed by atoms with van der Waals surface area (Å²) in [6.45, 7) is 10.9. The van der Waals surface area contributed by atoms with E-state index < -0.39 is 12.5 Å². The maximum atomic E-state index is 11.1. The number of hydrogen-bond acceptors (Lipinski definition) is 6. The fourth-order valence-electron chi connectivity index (χ4n) is 1.85. The quantitative estimate of drug-likeness (QED) is 0.278. The molecular formula is C14H32N2O4Pb. The topological polar surface area (TPSA) is 93.1 Å². The minimum absolute atomic E-state index is 0. The van der Waals surface area contributed by atoms with Crippen molar-refractivity contribution in [2.45, 2.75) is 53.0 Å². The van der Waals surface area contributed by atoms with Gasteiger partial charge in [0.25, 0.3) is 0 Å². The standard InChI is InChI=1S/2C7H16NO2.Pb/c2*1-3-8(4-2)7(10)5-6-9;/h2*7,9H,3-6H2,1-2H3;/q2*-1;+2. The Balaban J connectivity index is -0.000000295. The second-order valence-corrected chi connectivity index (χ2v) is 4.38. The van der Waals surface area contributed by atoms with E-state index in [1.54, 1.807) is 9.80 Å². The minimum Gasteiger partial charge on any atom is -0.840 e. The van der Waals surface area contributed by atoms with Crippen molar-refractivity contribution < 1.29 is 20.4 Å². The zero-order valence-electron chi connectivity index (χ0n) is 13.9. The molecular weight excluding hydrogens is 467 g/mol. The van der Waals surface area contributed by atoms with Crippen molar-refractivity contribution in [3.63, 3.8) is 0 Å². The van der Waals surface area contributed by atoms with Crippen LogP contribution in [0.15, 0.2) is 0 Å². The Morgan fingerprint density at radius 2 is 0.952 bits per heavy atom. The number of rotatable bonds is 10. The average molecular weight is 500 g/mol. The monoisotopic (exact) mass is 500 g/mol. The van der Waals surface area contributed by atoms with E-state index in [0.29, 0.717) is 12.8 Å². The third-order valence-electron chi connectivity index (χ3n) is 3.19. The van der Waals surface area contributed by atoms with Crippen LogP contribution in [0.1, 0.15) is 40.5 Å². The number of aliphatic hydroxyl groups is 2. The second-order valence-electron chi connectivity index (χ2n) is 4.38. The van der Waals surface area contributed by atoms with E-state index in [4.69, 9.17) is 10.2 Å². The Morgan fingerprint density at radius 3 is 1.10 bits per heavy atom. The molecule has 0 amide bonds. The summed E-state index contributed by atoms with van der Waals surface area (Å²) in [5.74, 6) is 0. The number of hydrogen-bond donors (Lipinski definition) is 2. The summed E-state index contributed by atoms with van der Waals surface area (Å²) in [6.07, 6.45) is -0.774. The SMILES string of the molecule is CCN(CC)C([O-])CCO.CCN(CC)C([O-])CCO.[Pb+2]. The normalized spacial score (nSPS) is 13.4. The average Bonchev–Trinajstić information content (AvgIpc) is 2.43. The summed E-state index contributed by atoms with van der Waals surface area (Å²) < 4.78 is 0. The molecule has 0 aromatic heterocycles. The van der Waals surface area contributed by atoms with Gasteiger partial charge in [0.15, 0.2) is 0 Å². The van der Waals surface area contributed by atoms with Gasteiger partial charge in [-0.1, -0.05) is 40.2 Å². The molecule has 2 radical (unpaired) electrons. The van der Waals surface area contributed by atoms with Crippen molar-refractivity contribution >= 4 is 27.3 Å². The van der Waals surface area contributed by atoms with E-state index in [2.05, 4.69) is 0 Å². The van der Waals surface area contributed by atoms with Gasteiger partial charge in [-0.05, 0) is 39.0 Å². The first-order chi connectivity index (χ1) is 9.51. The van der Waals surface area contributed by atoms with E-state index in [1.807, 2.05) is 27.7 Å². The predicted molar refractivity (Wildman–Crippen MR) is 82.6 cm³/mol. The van der Waals surface area contributed by atoms with Crippen molar-refractivity contribution in [3.05, 3.63) is 0 Å². The molecule has 0 aromatic rings. The molecule has 6 nitrogen and oxygen atoms in total. The first-order valence-corrected chi connectivity index (χ1v) is 7.53. The fourth-order valence-corrected chi connectivity index (χ4v) is 1.85. The summed E-state index contributed by atoms with van der Waals surface area (Å²) in [5, 5.41) is 39.0. The molecule has 0 aliphatic rings. The molecule has 0 aliphatic carbocycles. The van der Waals surface area contributed by atoms with Crippen molar-refractivity contribution in [1.82, 2.24) is 9.80 Å².